The predicted octanol–water partition coefficient (Wildman–Crippen LogP) is 6.25. The van der Waals surface area contributed by atoms with E-state index in [2.05, 4.69) is 37.2 Å². The van der Waals surface area contributed by atoms with Crippen LogP contribution < -0.4 is 14.8 Å². The fourth-order valence-electron chi connectivity index (χ4n) is 2.86. The molecule has 3 aromatic carbocycles. The van der Waals surface area contributed by atoms with E-state index in [0.717, 1.165) is 5.56 Å². The van der Waals surface area contributed by atoms with E-state index in [-0.39, 0.29) is 17.9 Å². The third kappa shape index (κ3) is 6.43. The standard InChI is InChI=1S/C24H17Br2N3O5/c1-33-20-8-4-18(5-9-20)28-24(30)17(13-27)10-16-11-21(25)23(22(26)12-16)34-14-15-2-6-19(7-3-15)29(31)32/h2-12H,14H2,1H3,(H,28,30)/b17-10-. The van der Waals surface area contributed by atoms with Gasteiger partial charge < -0.3 is 14.8 Å². The number of nitrogens with one attached hydrogen (secondary N) is 1. The van der Waals surface area contributed by atoms with Gasteiger partial charge in [-0.3, -0.25) is 14.9 Å². The minimum atomic E-state index is -0.543. The van der Waals surface area contributed by atoms with E-state index in [4.69, 9.17) is 9.47 Å². The monoisotopic (exact) mass is 585 g/mol. The van der Waals surface area contributed by atoms with Gasteiger partial charge in [0.25, 0.3) is 11.6 Å². The molecule has 0 saturated heterocycles. The molecule has 10 heteroatoms. The van der Waals surface area contributed by atoms with Crippen LogP contribution in [0.25, 0.3) is 6.08 Å². The summed E-state index contributed by atoms with van der Waals surface area (Å²) >= 11 is 6.90. The Hall–Kier alpha value is -3.68. The van der Waals surface area contributed by atoms with E-state index in [0.29, 0.717) is 31.7 Å². The van der Waals surface area contributed by atoms with Crippen LogP contribution in [0.1, 0.15) is 11.1 Å². The minimum absolute atomic E-state index is 0.00609. The number of rotatable bonds is 8. The summed E-state index contributed by atoms with van der Waals surface area (Å²) in [5, 5.41) is 22.9. The molecule has 3 rings (SSSR count). The van der Waals surface area contributed by atoms with Crippen molar-refractivity contribution < 1.29 is 19.2 Å². The molecular formula is C24H17Br2N3O5. The molecule has 0 fully saturated rings. The fourth-order valence-corrected chi connectivity index (χ4v) is 4.31. The Morgan fingerprint density at radius 1 is 1.12 bits per heavy atom. The van der Waals surface area contributed by atoms with Crippen LogP contribution in [0.2, 0.25) is 0 Å². The number of amides is 1. The molecule has 0 heterocycles. The number of ether oxygens (including phenoxy) is 2. The first-order chi connectivity index (χ1) is 16.3. The Bertz CT molecular complexity index is 1260. The number of benzene rings is 3. The quantitative estimate of drug-likeness (QED) is 0.144. The molecular weight excluding hydrogens is 570 g/mol. The third-order valence-electron chi connectivity index (χ3n) is 4.57. The van der Waals surface area contributed by atoms with Crippen LogP contribution in [0.5, 0.6) is 11.5 Å². The largest absolute Gasteiger partial charge is 0.497 e. The summed E-state index contributed by atoms with van der Waals surface area (Å²) in [7, 11) is 1.55. The molecule has 0 aliphatic rings. The van der Waals surface area contributed by atoms with Crippen molar-refractivity contribution >= 4 is 55.2 Å². The van der Waals surface area contributed by atoms with Gasteiger partial charge in [-0.2, -0.15) is 5.26 Å². The Morgan fingerprint density at radius 3 is 2.26 bits per heavy atom. The lowest BCUT2D eigenvalue weighted by Crippen LogP contribution is -2.13. The van der Waals surface area contributed by atoms with E-state index in [1.165, 1.54) is 18.2 Å². The average molecular weight is 587 g/mol. The number of nitro groups is 1. The first kappa shape index (κ1) is 25.0. The van der Waals surface area contributed by atoms with Gasteiger partial charge in [-0.15, -0.1) is 0 Å². The summed E-state index contributed by atoms with van der Waals surface area (Å²) in [4.78, 5) is 22.9. The number of anilines is 1. The van der Waals surface area contributed by atoms with Gasteiger partial charge >= 0.3 is 0 Å². The molecule has 0 atom stereocenters. The number of halogens is 2. The lowest BCUT2D eigenvalue weighted by atomic mass is 10.1. The molecule has 3 aromatic rings. The zero-order valence-electron chi connectivity index (χ0n) is 17.7. The number of nitrogens with zero attached hydrogens (tertiary/aromatic N) is 2. The van der Waals surface area contributed by atoms with E-state index < -0.39 is 10.8 Å². The number of hydrogen-bond acceptors (Lipinski definition) is 6. The van der Waals surface area contributed by atoms with E-state index >= 15 is 0 Å². The zero-order valence-corrected chi connectivity index (χ0v) is 20.9. The van der Waals surface area contributed by atoms with Crippen molar-refractivity contribution in [3.63, 3.8) is 0 Å². The zero-order chi connectivity index (χ0) is 24.7. The lowest BCUT2D eigenvalue weighted by molar-refractivity contribution is -0.384. The fraction of sp³-hybridized carbons (Fsp3) is 0.0833. The second kappa shape index (κ2) is 11.4. The van der Waals surface area contributed by atoms with Crippen molar-refractivity contribution in [3.8, 4) is 17.6 Å². The van der Waals surface area contributed by atoms with Crippen LogP contribution in [0, 0.1) is 21.4 Å². The van der Waals surface area contributed by atoms with Gasteiger partial charge in [0, 0.05) is 17.8 Å². The van der Waals surface area contributed by atoms with Gasteiger partial charge in [0.15, 0.2) is 0 Å². The molecule has 0 aliphatic heterocycles. The topological polar surface area (TPSA) is 114 Å². The Balaban J connectivity index is 1.73. The number of methoxy groups -OCH3 is 1. The Morgan fingerprint density at radius 2 is 1.74 bits per heavy atom. The molecule has 0 saturated carbocycles. The molecule has 1 amide bonds. The number of carbonyl (C=O) groups excluding carboxylic acids is 1. The number of carbonyl (C=O) groups is 1. The van der Waals surface area contributed by atoms with Gasteiger partial charge in [0.2, 0.25) is 0 Å². The molecule has 8 nitrogen and oxygen atoms in total. The second-order valence-corrected chi connectivity index (χ2v) is 8.59. The summed E-state index contributed by atoms with van der Waals surface area (Å²) in [6.45, 7) is 0.193. The maximum atomic E-state index is 12.5. The third-order valence-corrected chi connectivity index (χ3v) is 5.75. The number of nitro benzene ring substituents is 1. The van der Waals surface area contributed by atoms with Gasteiger partial charge in [0.1, 0.15) is 29.7 Å². The van der Waals surface area contributed by atoms with Gasteiger partial charge in [-0.05, 0) is 97.6 Å². The Labute approximate surface area is 212 Å². The summed E-state index contributed by atoms with van der Waals surface area (Å²) in [6, 6.07) is 18.2. The van der Waals surface area contributed by atoms with Crippen LogP contribution in [-0.4, -0.2) is 17.9 Å². The second-order valence-electron chi connectivity index (χ2n) is 6.88. The molecule has 0 aromatic heterocycles. The van der Waals surface area contributed by atoms with Crippen LogP contribution in [0.15, 0.2) is 75.2 Å². The molecule has 0 aliphatic carbocycles. The highest BCUT2D eigenvalue weighted by Gasteiger charge is 2.13. The highest BCUT2D eigenvalue weighted by Crippen LogP contribution is 2.36. The van der Waals surface area contributed by atoms with Crippen molar-refractivity contribution in [2.45, 2.75) is 6.61 Å². The molecule has 0 radical (unpaired) electrons. The lowest BCUT2D eigenvalue weighted by Gasteiger charge is -2.12. The highest BCUT2D eigenvalue weighted by molar-refractivity contribution is 9.11. The van der Waals surface area contributed by atoms with Crippen LogP contribution in [0.3, 0.4) is 0 Å². The van der Waals surface area contributed by atoms with Crippen molar-refractivity contribution in [1.82, 2.24) is 0 Å². The summed E-state index contributed by atoms with van der Waals surface area (Å²) < 4.78 is 12.1. The first-order valence-corrected chi connectivity index (χ1v) is 11.3. The molecule has 0 bridgehead atoms. The molecule has 0 unspecified atom stereocenters. The Kier molecular flexibility index (Phi) is 8.40. The molecule has 34 heavy (non-hydrogen) atoms. The number of hydrogen-bond donors (Lipinski definition) is 1. The normalized spacial score (nSPS) is 10.8. The van der Waals surface area contributed by atoms with Crippen molar-refractivity contribution in [1.29, 1.82) is 5.26 Å². The number of non-ortho nitro benzene ring substituents is 1. The van der Waals surface area contributed by atoms with Crippen molar-refractivity contribution in [3.05, 3.63) is 96.4 Å². The average Bonchev–Trinajstić information content (AvgIpc) is 2.82. The van der Waals surface area contributed by atoms with Gasteiger partial charge in [-0.25, -0.2) is 0 Å². The summed E-state index contributed by atoms with van der Waals surface area (Å²) in [5.74, 6) is 0.620. The SMILES string of the molecule is COc1ccc(NC(=O)/C(C#N)=C\c2cc(Br)c(OCc3ccc([N+](=O)[O-])cc3)c(Br)c2)cc1. The van der Waals surface area contributed by atoms with Gasteiger partial charge in [-0.1, -0.05) is 0 Å². The maximum Gasteiger partial charge on any atom is 0.269 e. The van der Waals surface area contributed by atoms with Crippen LogP contribution in [0.4, 0.5) is 11.4 Å². The van der Waals surface area contributed by atoms with E-state index in [1.807, 2.05) is 6.07 Å². The molecule has 172 valence electrons. The highest BCUT2D eigenvalue weighted by atomic mass is 79.9. The van der Waals surface area contributed by atoms with Crippen LogP contribution >= 0.6 is 31.9 Å². The van der Waals surface area contributed by atoms with Gasteiger partial charge in [0.05, 0.1) is 21.0 Å². The molecule has 0 spiro atoms. The van der Waals surface area contributed by atoms with Crippen LogP contribution in [-0.2, 0) is 11.4 Å². The molecule has 1 N–H and O–H groups in total. The number of nitriles is 1. The summed E-state index contributed by atoms with van der Waals surface area (Å²) in [6.07, 6.45) is 1.47. The van der Waals surface area contributed by atoms with Crippen molar-refractivity contribution in [2.24, 2.45) is 0 Å². The van der Waals surface area contributed by atoms with E-state index in [9.17, 15) is 20.2 Å². The van der Waals surface area contributed by atoms with E-state index in [1.54, 1.807) is 55.6 Å². The minimum Gasteiger partial charge on any atom is -0.497 e. The maximum absolute atomic E-state index is 12.5. The first-order valence-electron chi connectivity index (χ1n) is 9.73. The summed E-state index contributed by atoms with van der Waals surface area (Å²) in [5.41, 5.74) is 1.82. The predicted molar refractivity (Wildman–Crippen MR) is 134 cm³/mol. The smallest absolute Gasteiger partial charge is 0.269 e. The van der Waals surface area contributed by atoms with Crippen molar-refractivity contribution in [2.75, 3.05) is 12.4 Å².